The van der Waals surface area contributed by atoms with Gasteiger partial charge in [0, 0.05) is 24.3 Å². The first-order valence-corrected chi connectivity index (χ1v) is 11.0. The summed E-state index contributed by atoms with van der Waals surface area (Å²) in [6.45, 7) is 2.13. The van der Waals surface area contributed by atoms with E-state index < -0.39 is 23.9 Å². The first-order valence-electron chi connectivity index (χ1n) is 10.1. The molecule has 0 radical (unpaired) electrons. The Morgan fingerprint density at radius 2 is 1.77 bits per heavy atom. The van der Waals surface area contributed by atoms with Gasteiger partial charge in [-0.25, -0.2) is 9.78 Å². The molecule has 0 saturated heterocycles. The molecule has 0 N–H and O–H groups in total. The maximum atomic E-state index is 14.1. The van der Waals surface area contributed by atoms with Gasteiger partial charge in [0.1, 0.15) is 5.01 Å². The van der Waals surface area contributed by atoms with Gasteiger partial charge in [0.05, 0.1) is 0 Å². The van der Waals surface area contributed by atoms with Crippen LogP contribution in [0, 0.1) is 0 Å². The maximum Gasteiger partial charge on any atom is 0.432 e. The van der Waals surface area contributed by atoms with E-state index in [0.717, 1.165) is 45.6 Å². The third kappa shape index (κ3) is 5.82. The van der Waals surface area contributed by atoms with Gasteiger partial charge in [-0.1, -0.05) is 69.4 Å². The lowest BCUT2D eigenvalue weighted by atomic mass is 9.92. The molecule has 0 bridgehead atoms. The molecule has 166 valence electrons. The van der Waals surface area contributed by atoms with Crippen LogP contribution in [0.25, 0.3) is 0 Å². The number of rotatable bonds is 12. The monoisotopic (exact) mass is 443 g/mol. The summed E-state index contributed by atoms with van der Waals surface area (Å²) in [7, 11) is 0.869. The first-order chi connectivity index (χ1) is 14.4. The number of hydrogen-bond donors (Lipinski definition) is 0. The van der Waals surface area contributed by atoms with Crippen LogP contribution in [-0.2, 0) is 19.9 Å². The lowest BCUT2D eigenvalue weighted by Gasteiger charge is -2.33. The molecule has 0 fully saturated rings. The number of aromatic nitrogens is 1. The molecule has 0 spiro atoms. The van der Waals surface area contributed by atoms with Crippen LogP contribution in [0.3, 0.4) is 0 Å². The van der Waals surface area contributed by atoms with Crippen molar-refractivity contribution in [3.05, 3.63) is 52.5 Å². The highest BCUT2D eigenvalue weighted by molar-refractivity contribution is 7.09. The fourth-order valence-electron chi connectivity index (χ4n) is 3.34. The zero-order chi connectivity index (χ0) is 22.0. The largest absolute Gasteiger partial charge is 0.452 e. The SMILES string of the molecule is CCCCCCCC[C@H](OC(=O)[C@](OC)(c1ccccc1)C(F)(F)F)c1nccs1. The standard InChI is InChI=1S/C22H28F3NO3S/c1-3-4-5-6-7-11-14-18(19-26-15-16-30-19)29-20(27)21(28-2,22(23,24)25)17-12-9-8-10-13-17/h8-10,12-13,15-16,18H,3-7,11,14H2,1-2H3/t18-,21+/m0/s1. The number of ether oxygens (including phenoxy) is 2. The van der Waals surface area contributed by atoms with Gasteiger partial charge in [-0.3, -0.25) is 0 Å². The topological polar surface area (TPSA) is 48.4 Å². The molecule has 1 aromatic carbocycles. The highest BCUT2D eigenvalue weighted by Gasteiger charge is 2.64. The van der Waals surface area contributed by atoms with Crippen molar-refractivity contribution >= 4 is 17.3 Å². The quantitative estimate of drug-likeness (QED) is 0.275. The number of methoxy groups -OCH3 is 1. The average molecular weight is 444 g/mol. The van der Waals surface area contributed by atoms with E-state index in [-0.39, 0.29) is 5.56 Å². The third-order valence-electron chi connectivity index (χ3n) is 4.97. The number of halogens is 3. The smallest absolute Gasteiger partial charge is 0.432 e. The van der Waals surface area contributed by atoms with Crippen molar-refractivity contribution < 1.29 is 27.4 Å². The number of esters is 1. The second-order valence-electron chi connectivity index (χ2n) is 7.07. The Labute approximate surface area is 179 Å². The van der Waals surface area contributed by atoms with Crippen molar-refractivity contribution in [2.24, 2.45) is 0 Å². The van der Waals surface area contributed by atoms with Gasteiger partial charge >= 0.3 is 12.1 Å². The predicted octanol–water partition coefficient (Wildman–Crippen LogP) is 6.58. The lowest BCUT2D eigenvalue weighted by Crippen LogP contribution is -2.52. The minimum Gasteiger partial charge on any atom is -0.452 e. The summed E-state index contributed by atoms with van der Waals surface area (Å²) in [6.07, 6.45) is 2.24. The number of unbranched alkanes of at least 4 members (excludes halogenated alkanes) is 5. The van der Waals surface area contributed by atoms with Crippen LogP contribution in [-0.4, -0.2) is 24.2 Å². The summed E-state index contributed by atoms with van der Waals surface area (Å²) in [5.74, 6) is -1.48. The minimum atomic E-state index is -4.99. The van der Waals surface area contributed by atoms with Crippen LogP contribution in [0.2, 0.25) is 0 Å². The lowest BCUT2D eigenvalue weighted by molar-refractivity contribution is -0.278. The van der Waals surface area contributed by atoms with Gasteiger partial charge in [-0.2, -0.15) is 13.2 Å². The molecular weight excluding hydrogens is 415 g/mol. The van der Waals surface area contributed by atoms with Crippen molar-refractivity contribution in [2.45, 2.75) is 69.8 Å². The summed E-state index contributed by atoms with van der Waals surface area (Å²) in [4.78, 5) is 17.1. The van der Waals surface area contributed by atoms with E-state index in [1.807, 2.05) is 0 Å². The molecule has 0 aliphatic rings. The Hall–Kier alpha value is -1.93. The van der Waals surface area contributed by atoms with Crippen molar-refractivity contribution in [1.29, 1.82) is 0 Å². The summed E-state index contributed by atoms with van der Waals surface area (Å²) >= 11 is 1.26. The van der Waals surface area contributed by atoms with Crippen molar-refractivity contribution in [3.63, 3.8) is 0 Å². The second kappa shape index (κ2) is 11.5. The van der Waals surface area contributed by atoms with E-state index >= 15 is 0 Å². The summed E-state index contributed by atoms with van der Waals surface area (Å²) in [5, 5.41) is 2.19. The molecule has 0 saturated carbocycles. The Bertz CT molecular complexity index is 753. The summed E-state index contributed by atoms with van der Waals surface area (Å²) in [5.41, 5.74) is -3.51. The Morgan fingerprint density at radius 1 is 1.10 bits per heavy atom. The predicted molar refractivity (Wildman–Crippen MR) is 110 cm³/mol. The van der Waals surface area contributed by atoms with Crippen LogP contribution in [0.4, 0.5) is 13.2 Å². The average Bonchev–Trinajstić information content (AvgIpc) is 3.25. The normalized spacial score (nSPS) is 14.8. The zero-order valence-electron chi connectivity index (χ0n) is 17.3. The molecule has 0 aliphatic carbocycles. The number of hydrogen-bond acceptors (Lipinski definition) is 5. The third-order valence-corrected chi connectivity index (χ3v) is 5.84. The fraction of sp³-hybridized carbons (Fsp3) is 0.545. The first kappa shape index (κ1) is 24.3. The number of benzene rings is 1. The van der Waals surface area contributed by atoms with Gasteiger partial charge in [-0.05, 0) is 12.8 Å². The molecule has 0 amide bonds. The van der Waals surface area contributed by atoms with Gasteiger partial charge in [0.25, 0.3) is 5.60 Å². The maximum absolute atomic E-state index is 14.1. The number of carbonyl (C=O) groups excluding carboxylic acids is 1. The van der Waals surface area contributed by atoms with Gasteiger partial charge < -0.3 is 9.47 Å². The van der Waals surface area contributed by atoms with Crippen LogP contribution in [0.5, 0.6) is 0 Å². The van der Waals surface area contributed by atoms with Crippen LogP contribution >= 0.6 is 11.3 Å². The Kier molecular flexibility index (Phi) is 9.30. The van der Waals surface area contributed by atoms with Crippen LogP contribution < -0.4 is 0 Å². The Morgan fingerprint density at radius 3 is 2.33 bits per heavy atom. The summed E-state index contributed by atoms with van der Waals surface area (Å²) in [6, 6.07) is 6.85. The Balaban J connectivity index is 2.21. The second-order valence-corrected chi connectivity index (χ2v) is 8.00. The van der Waals surface area contributed by atoms with Crippen molar-refractivity contribution in [1.82, 2.24) is 4.98 Å². The van der Waals surface area contributed by atoms with Crippen LogP contribution in [0.1, 0.15) is 68.5 Å². The van der Waals surface area contributed by atoms with E-state index in [0.29, 0.717) is 11.4 Å². The highest BCUT2D eigenvalue weighted by Crippen LogP contribution is 2.44. The molecule has 0 unspecified atom stereocenters. The van der Waals surface area contributed by atoms with E-state index in [4.69, 9.17) is 9.47 Å². The van der Waals surface area contributed by atoms with E-state index in [9.17, 15) is 18.0 Å². The van der Waals surface area contributed by atoms with E-state index in [1.165, 1.54) is 35.6 Å². The molecule has 1 heterocycles. The summed E-state index contributed by atoms with van der Waals surface area (Å²) < 4.78 is 52.5. The van der Waals surface area contributed by atoms with Gasteiger partial charge in [-0.15, -0.1) is 11.3 Å². The molecule has 2 aromatic rings. The minimum absolute atomic E-state index is 0.317. The molecule has 8 heteroatoms. The number of thiazole rings is 1. The number of carbonyl (C=O) groups is 1. The molecule has 1 aromatic heterocycles. The number of alkyl halides is 3. The molecule has 2 atom stereocenters. The molecular formula is C22H28F3NO3S. The highest BCUT2D eigenvalue weighted by atomic mass is 32.1. The van der Waals surface area contributed by atoms with Crippen molar-refractivity contribution in [2.75, 3.05) is 7.11 Å². The number of nitrogens with zero attached hydrogens (tertiary/aromatic N) is 1. The van der Waals surface area contributed by atoms with Crippen LogP contribution in [0.15, 0.2) is 41.9 Å². The molecule has 4 nitrogen and oxygen atoms in total. The fourth-order valence-corrected chi connectivity index (χ4v) is 4.04. The molecule has 2 rings (SSSR count). The molecule has 0 aliphatic heterocycles. The van der Waals surface area contributed by atoms with Crippen molar-refractivity contribution in [3.8, 4) is 0 Å². The van der Waals surface area contributed by atoms with Gasteiger partial charge in [0.15, 0.2) is 6.10 Å². The van der Waals surface area contributed by atoms with E-state index in [2.05, 4.69) is 11.9 Å². The van der Waals surface area contributed by atoms with E-state index in [1.54, 1.807) is 17.6 Å². The van der Waals surface area contributed by atoms with Gasteiger partial charge in [0.2, 0.25) is 0 Å². The molecule has 30 heavy (non-hydrogen) atoms. The zero-order valence-corrected chi connectivity index (χ0v) is 18.1.